The Bertz CT molecular complexity index is 384. The fourth-order valence-electron chi connectivity index (χ4n) is 1.29. The van der Waals surface area contributed by atoms with Crippen LogP contribution in [0.5, 0.6) is 5.75 Å². The van der Waals surface area contributed by atoms with Crippen molar-refractivity contribution in [3.05, 3.63) is 23.8 Å². The first kappa shape index (κ1) is 12.6. The van der Waals surface area contributed by atoms with E-state index in [4.69, 9.17) is 0 Å². The van der Waals surface area contributed by atoms with Crippen LogP contribution in [0.2, 0.25) is 0 Å². The molecule has 0 radical (unpaired) electrons. The summed E-state index contributed by atoms with van der Waals surface area (Å²) in [5.41, 5.74) is 1.58. The van der Waals surface area contributed by atoms with Crippen molar-refractivity contribution in [3.8, 4) is 5.75 Å². The first-order valence-electron chi connectivity index (χ1n) is 5.55. The summed E-state index contributed by atoms with van der Waals surface area (Å²) in [5, 5.41) is 12.3. The molecule has 1 aromatic rings. The third kappa shape index (κ3) is 2.99. The number of hydrogen-bond donors (Lipinski definition) is 2. The molecule has 1 amide bonds. The number of rotatable bonds is 3. The largest absolute Gasteiger partial charge is 0.506 e. The number of phenolic OH excluding ortho intramolecular Hbond substituents is 1. The molecule has 1 rings (SSSR count). The number of nitrogens with one attached hydrogen (secondary N) is 1. The lowest BCUT2D eigenvalue weighted by Gasteiger charge is -2.12. The molecule has 0 saturated carbocycles. The predicted octanol–water partition coefficient (Wildman–Crippen LogP) is 3.11. The van der Waals surface area contributed by atoms with Crippen molar-refractivity contribution in [1.29, 1.82) is 0 Å². The van der Waals surface area contributed by atoms with Gasteiger partial charge in [-0.05, 0) is 23.6 Å². The average Bonchev–Trinajstić information content (AvgIpc) is 2.20. The van der Waals surface area contributed by atoms with Gasteiger partial charge in [-0.3, -0.25) is 4.79 Å². The van der Waals surface area contributed by atoms with Crippen LogP contribution < -0.4 is 5.32 Å². The van der Waals surface area contributed by atoms with Crippen LogP contribution in [0.15, 0.2) is 18.2 Å². The molecule has 0 heterocycles. The number of benzene rings is 1. The fourth-order valence-corrected chi connectivity index (χ4v) is 1.29. The van der Waals surface area contributed by atoms with Crippen LogP contribution >= 0.6 is 0 Å². The molecule has 0 atom stereocenters. The topological polar surface area (TPSA) is 49.3 Å². The van der Waals surface area contributed by atoms with Crippen LogP contribution in [0, 0.1) is 5.92 Å². The Kier molecular flexibility index (Phi) is 3.93. The minimum absolute atomic E-state index is 0.0868. The van der Waals surface area contributed by atoms with Crippen molar-refractivity contribution < 1.29 is 9.90 Å². The molecule has 0 bridgehead atoms. The van der Waals surface area contributed by atoms with Gasteiger partial charge in [-0.2, -0.15) is 0 Å². The van der Waals surface area contributed by atoms with E-state index >= 15 is 0 Å². The van der Waals surface area contributed by atoms with Crippen LogP contribution in [0.4, 0.5) is 5.69 Å². The lowest BCUT2D eigenvalue weighted by Crippen LogP contribution is -2.17. The van der Waals surface area contributed by atoms with E-state index in [9.17, 15) is 9.90 Å². The van der Waals surface area contributed by atoms with Crippen molar-refractivity contribution in [2.75, 3.05) is 5.32 Å². The van der Waals surface area contributed by atoms with Crippen LogP contribution in [-0.4, -0.2) is 11.0 Å². The van der Waals surface area contributed by atoms with E-state index in [1.165, 1.54) is 0 Å². The molecule has 16 heavy (non-hydrogen) atoms. The summed E-state index contributed by atoms with van der Waals surface area (Å²) < 4.78 is 0. The number of carbonyl (C=O) groups is 1. The van der Waals surface area contributed by atoms with E-state index in [1.807, 2.05) is 26.0 Å². The molecular weight excluding hydrogens is 202 g/mol. The Balaban J connectivity index is 2.94. The Hall–Kier alpha value is -1.51. The van der Waals surface area contributed by atoms with Gasteiger partial charge in [-0.15, -0.1) is 0 Å². The molecule has 3 heteroatoms. The number of anilines is 1. The van der Waals surface area contributed by atoms with Crippen LogP contribution in [-0.2, 0) is 4.79 Å². The molecule has 3 nitrogen and oxygen atoms in total. The molecule has 0 fully saturated rings. The van der Waals surface area contributed by atoms with E-state index in [0.717, 1.165) is 5.56 Å². The molecule has 0 unspecified atom stereocenters. The van der Waals surface area contributed by atoms with Crippen LogP contribution in [0.25, 0.3) is 0 Å². The standard InChI is InChI=1S/C13H19NO2/c1-8(2)10-5-6-12(15)11(7-10)14-13(16)9(3)4/h5-9,15H,1-4H3,(H,14,16). The smallest absolute Gasteiger partial charge is 0.227 e. The summed E-state index contributed by atoms with van der Waals surface area (Å²) in [7, 11) is 0. The highest BCUT2D eigenvalue weighted by Crippen LogP contribution is 2.27. The van der Waals surface area contributed by atoms with E-state index in [0.29, 0.717) is 11.6 Å². The molecule has 0 saturated heterocycles. The van der Waals surface area contributed by atoms with Crippen molar-refractivity contribution in [2.24, 2.45) is 5.92 Å². The maximum Gasteiger partial charge on any atom is 0.227 e. The van der Waals surface area contributed by atoms with Gasteiger partial charge in [0.1, 0.15) is 5.75 Å². The summed E-state index contributed by atoms with van der Waals surface area (Å²) >= 11 is 0. The highest BCUT2D eigenvalue weighted by molar-refractivity contribution is 5.93. The second kappa shape index (κ2) is 5.01. The SMILES string of the molecule is CC(C)C(=O)Nc1cc(C(C)C)ccc1O. The summed E-state index contributed by atoms with van der Waals surface area (Å²) in [6, 6.07) is 5.30. The van der Waals surface area contributed by atoms with Crippen molar-refractivity contribution >= 4 is 11.6 Å². The minimum Gasteiger partial charge on any atom is -0.506 e. The molecule has 0 aliphatic rings. The summed E-state index contributed by atoms with van der Waals surface area (Å²) in [6.45, 7) is 7.78. The predicted molar refractivity (Wildman–Crippen MR) is 65.7 cm³/mol. The van der Waals surface area contributed by atoms with E-state index in [1.54, 1.807) is 6.07 Å². The van der Waals surface area contributed by atoms with E-state index < -0.39 is 0 Å². The number of carbonyl (C=O) groups excluding carboxylic acids is 1. The Labute approximate surface area is 96.5 Å². The summed E-state index contributed by atoms with van der Waals surface area (Å²) in [5.74, 6) is 0.298. The summed E-state index contributed by atoms with van der Waals surface area (Å²) in [4.78, 5) is 11.5. The van der Waals surface area contributed by atoms with Gasteiger partial charge < -0.3 is 10.4 Å². The lowest BCUT2D eigenvalue weighted by atomic mass is 10.0. The minimum atomic E-state index is -0.0953. The van der Waals surface area contributed by atoms with E-state index in [-0.39, 0.29) is 17.6 Å². The molecule has 0 aliphatic heterocycles. The number of aromatic hydroxyl groups is 1. The van der Waals surface area contributed by atoms with Crippen LogP contribution in [0.1, 0.15) is 39.2 Å². The molecule has 88 valence electrons. The van der Waals surface area contributed by atoms with Gasteiger partial charge in [0.25, 0.3) is 0 Å². The maximum atomic E-state index is 11.5. The average molecular weight is 221 g/mol. The molecule has 2 N–H and O–H groups in total. The molecular formula is C13H19NO2. The number of phenols is 1. The monoisotopic (exact) mass is 221 g/mol. The van der Waals surface area contributed by atoms with Gasteiger partial charge in [0, 0.05) is 5.92 Å². The highest BCUT2D eigenvalue weighted by Gasteiger charge is 2.11. The Morgan fingerprint density at radius 2 is 1.88 bits per heavy atom. The second-order valence-corrected chi connectivity index (χ2v) is 4.58. The molecule has 1 aromatic carbocycles. The zero-order valence-electron chi connectivity index (χ0n) is 10.2. The Morgan fingerprint density at radius 1 is 1.25 bits per heavy atom. The number of hydrogen-bond acceptors (Lipinski definition) is 2. The first-order valence-corrected chi connectivity index (χ1v) is 5.55. The number of amides is 1. The quantitative estimate of drug-likeness (QED) is 0.770. The van der Waals surface area contributed by atoms with E-state index in [2.05, 4.69) is 19.2 Å². The zero-order chi connectivity index (χ0) is 12.3. The summed E-state index contributed by atoms with van der Waals surface area (Å²) in [6.07, 6.45) is 0. The van der Waals surface area contributed by atoms with Crippen molar-refractivity contribution in [3.63, 3.8) is 0 Å². The molecule has 0 aromatic heterocycles. The third-order valence-electron chi connectivity index (χ3n) is 2.47. The second-order valence-electron chi connectivity index (χ2n) is 4.58. The fraction of sp³-hybridized carbons (Fsp3) is 0.462. The van der Waals surface area contributed by atoms with Gasteiger partial charge in [0.05, 0.1) is 5.69 Å². The van der Waals surface area contributed by atoms with Crippen molar-refractivity contribution in [1.82, 2.24) is 0 Å². The van der Waals surface area contributed by atoms with Gasteiger partial charge in [-0.1, -0.05) is 33.8 Å². The maximum absolute atomic E-state index is 11.5. The lowest BCUT2D eigenvalue weighted by molar-refractivity contribution is -0.118. The Morgan fingerprint density at radius 3 is 2.38 bits per heavy atom. The normalized spacial score (nSPS) is 10.9. The third-order valence-corrected chi connectivity index (χ3v) is 2.47. The first-order chi connectivity index (χ1) is 7.41. The molecule has 0 spiro atoms. The van der Waals surface area contributed by atoms with Gasteiger partial charge >= 0.3 is 0 Å². The van der Waals surface area contributed by atoms with Gasteiger partial charge in [0.15, 0.2) is 0 Å². The highest BCUT2D eigenvalue weighted by atomic mass is 16.3. The van der Waals surface area contributed by atoms with Crippen LogP contribution in [0.3, 0.4) is 0 Å². The van der Waals surface area contributed by atoms with Crippen molar-refractivity contribution in [2.45, 2.75) is 33.6 Å². The zero-order valence-corrected chi connectivity index (χ0v) is 10.2. The van der Waals surface area contributed by atoms with Gasteiger partial charge in [-0.25, -0.2) is 0 Å². The molecule has 0 aliphatic carbocycles. The van der Waals surface area contributed by atoms with Gasteiger partial charge in [0.2, 0.25) is 5.91 Å².